The zero-order valence-electron chi connectivity index (χ0n) is 33.7. The molecule has 9 aromatic carbocycles. The van der Waals surface area contributed by atoms with Crippen molar-refractivity contribution < 1.29 is 8.83 Å². The molecule has 0 N–H and O–H groups in total. The molecule has 294 valence electrons. The van der Waals surface area contributed by atoms with E-state index in [-0.39, 0.29) is 0 Å². The smallest absolute Gasteiger partial charge is 0.167 e. The van der Waals surface area contributed by atoms with Gasteiger partial charge in [-0.1, -0.05) is 164 Å². The Kier molecular flexibility index (Phi) is 7.80. The first-order valence-electron chi connectivity index (χ1n) is 21.1. The van der Waals surface area contributed by atoms with Crippen LogP contribution in [-0.4, -0.2) is 19.5 Å². The lowest BCUT2D eigenvalue weighted by Crippen LogP contribution is -2.01. The first kappa shape index (κ1) is 35.2. The van der Waals surface area contributed by atoms with E-state index in [1.54, 1.807) is 0 Å². The molecule has 6 heteroatoms. The van der Waals surface area contributed by atoms with Crippen molar-refractivity contribution in [1.29, 1.82) is 0 Å². The molecule has 13 rings (SSSR count). The number of aromatic nitrogens is 4. The second-order valence-corrected chi connectivity index (χ2v) is 15.9. The summed E-state index contributed by atoms with van der Waals surface area (Å²) in [7, 11) is 0. The Bertz CT molecular complexity index is 3860. The van der Waals surface area contributed by atoms with Gasteiger partial charge in [0, 0.05) is 49.0 Å². The molecule has 0 atom stereocenters. The summed E-state index contributed by atoms with van der Waals surface area (Å²) in [5, 5.41) is 6.41. The second-order valence-electron chi connectivity index (χ2n) is 15.9. The van der Waals surface area contributed by atoms with Gasteiger partial charge in [0.25, 0.3) is 0 Å². The minimum atomic E-state index is 0.522. The van der Waals surface area contributed by atoms with Gasteiger partial charge in [0.05, 0.1) is 22.3 Å². The van der Waals surface area contributed by atoms with Crippen molar-refractivity contribution in [1.82, 2.24) is 19.5 Å². The van der Waals surface area contributed by atoms with E-state index in [9.17, 15) is 0 Å². The first-order valence-corrected chi connectivity index (χ1v) is 21.1. The minimum Gasteiger partial charge on any atom is -0.456 e. The monoisotopic (exact) mass is 806 g/mol. The molecule has 6 nitrogen and oxygen atoms in total. The third kappa shape index (κ3) is 5.55. The lowest BCUT2D eigenvalue weighted by molar-refractivity contribution is 0.668. The maximum Gasteiger partial charge on any atom is 0.167 e. The minimum absolute atomic E-state index is 0.522. The molecule has 0 saturated heterocycles. The molecule has 0 radical (unpaired) electrons. The van der Waals surface area contributed by atoms with Crippen molar-refractivity contribution >= 4 is 65.7 Å². The average Bonchev–Trinajstić information content (AvgIpc) is 4.04. The molecule has 4 aromatic heterocycles. The summed E-state index contributed by atoms with van der Waals surface area (Å²) in [6.07, 6.45) is 0. The van der Waals surface area contributed by atoms with E-state index in [0.29, 0.717) is 17.5 Å². The number of fused-ring (bicyclic) bond motifs is 9. The van der Waals surface area contributed by atoms with Gasteiger partial charge in [-0.05, 0) is 59.2 Å². The van der Waals surface area contributed by atoms with Crippen LogP contribution in [0.15, 0.2) is 215 Å². The Hall–Kier alpha value is -8.61. The van der Waals surface area contributed by atoms with Crippen molar-refractivity contribution in [3.8, 4) is 62.1 Å². The van der Waals surface area contributed by atoms with E-state index in [4.69, 9.17) is 23.8 Å². The summed E-state index contributed by atoms with van der Waals surface area (Å²) in [4.78, 5) is 15.8. The lowest BCUT2D eigenvalue weighted by Gasteiger charge is -2.15. The zero-order valence-corrected chi connectivity index (χ0v) is 33.7. The molecule has 0 aliphatic heterocycles. The van der Waals surface area contributed by atoms with Crippen LogP contribution in [-0.2, 0) is 0 Å². The van der Waals surface area contributed by atoms with Crippen molar-refractivity contribution in [2.45, 2.75) is 0 Å². The van der Waals surface area contributed by atoms with E-state index in [1.807, 2.05) is 54.6 Å². The van der Waals surface area contributed by atoms with Crippen LogP contribution in [0.5, 0.6) is 0 Å². The Morgan fingerprint density at radius 2 is 0.794 bits per heavy atom. The molecule has 0 aliphatic carbocycles. The first-order chi connectivity index (χ1) is 31.2. The zero-order chi connectivity index (χ0) is 41.4. The van der Waals surface area contributed by atoms with Gasteiger partial charge in [0.15, 0.2) is 17.5 Å². The highest BCUT2D eigenvalue weighted by Gasteiger charge is 2.23. The van der Waals surface area contributed by atoms with Crippen molar-refractivity contribution in [2.75, 3.05) is 0 Å². The SMILES string of the molecule is c1ccc(-c2ccc(-c3nc(-c4cccc5c4oc4ccccc45)nc(-c4cccc5oc6cccc(-c7ccccc7-n7c8ccccc8c8ccccc87)c6c45)n3)cc2)cc1. The number of para-hydroxylation sites is 5. The highest BCUT2D eigenvalue weighted by molar-refractivity contribution is 6.18. The van der Waals surface area contributed by atoms with Gasteiger partial charge in [-0.2, -0.15) is 0 Å². The van der Waals surface area contributed by atoms with Gasteiger partial charge in [0.1, 0.15) is 22.3 Å². The van der Waals surface area contributed by atoms with Crippen LogP contribution in [0.1, 0.15) is 0 Å². The summed E-state index contributed by atoms with van der Waals surface area (Å²) >= 11 is 0. The predicted octanol–water partition coefficient (Wildman–Crippen LogP) is 15.1. The van der Waals surface area contributed by atoms with Crippen LogP contribution in [0.3, 0.4) is 0 Å². The fourth-order valence-electron chi connectivity index (χ4n) is 9.47. The second kappa shape index (κ2) is 14.0. The summed E-state index contributed by atoms with van der Waals surface area (Å²) in [5.41, 5.74) is 13.4. The Morgan fingerprint density at radius 3 is 1.56 bits per heavy atom. The molecular weight excluding hydrogens is 773 g/mol. The maximum atomic E-state index is 6.73. The van der Waals surface area contributed by atoms with Crippen molar-refractivity contribution in [3.63, 3.8) is 0 Å². The van der Waals surface area contributed by atoms with Crippen LogP contribution in [0.4, 0.5) is 0 Å². The molecule has 63 heavy (non-hydrogen) atoms. The van der Waals surface area contributed by atoms with Gasteiger partial charge in [0.2, 0.25) is 0 Å². The van der Waals surface area contributed by atoms with Crippen molar-refractivity contribution in [2.24, 2.45) is 0 Å². The Labute approximate surface area is 361 Å². The topological polar surface area (TPSA) is 69.9 Å². The Morgan fingerprint density at radius 1 is 0.302 bits per heavy atom. The molecule has 0 unspecified atom stereocenters. The van der Waals surface area contributed by atoms with Crippen LogP contribution < -0.4 is 0 Å². The van der Waals surface area contributed by atoms with Gasteiger partial charge in [-0.15, -0.1) is 0 Å². The van der Waals surface area contributed by atoms with E-state index in [1.165, 1.54) is 10.8 Å². The van der Waals surface area contributed by atoms with Crippen LogP contribution in [0, 0.1) is 0 Å². The standard InChI is InChI=1S/C57H34N4O2/c1-2-15-35(16-3-1)36-31-33-37(34-32-36)55-58-56(60-57(59-55)45-24-12-22-43-41-20-7-11-28-49(41)63-54(43)45)44-23-14-30-51-53(44)52-42(21-13-29-50(52)62-51)40-19-6-10-27-48(40)61-46-25-8-4-17-38(46)39-18-5-9-26-47(39)61/h1-34H. The van der Waals surface area contributed by atoms with Gasteiger partial charge < -0.3 is 13.4 Å². The fraction of sp³-hybridized carbons (Fsp3) is 0. The molecule has 4 heterocycles. The quantitative estimate of drug-likeness (QED) is 0.167. The number of furan rings is 2. The van der Waals surface area contributed by atoms with E-state index in [2.05, 4.69) is 156 Å². The number of rotatable bonds is 6. The molecule has 0 bridgehead atoms. The lowest BCUT2D eigenvalue weighted by atomic mass is 9.95. The summed E-state index contributed by atoms with van der Waals surface area (Å²) in [6.45, 7) is 0. The highest BCUT2D eigenvalue weighted by atomic mass is 16.3. The number of nitrogens with zero attached hydrogens (tertiary/aromatic N) is 4. The molecule has 13 aromatic rings. The summed E-state index contributed by atoms with van der Waals surface area (Å²) < 4.78 is 15.7. The van der Waals surface area contributed by atoms with Crippen molar-refractivity contribution in [3.05, 3.63) is 206 Å². The Balaban J connectivity index is 1.06. The third-order valence-corrected chi connectivity index (χ3v) is 12.3. The number of benzene rings is 9. The van der Waals surface area contributed by atoms with Crippen LogP contribution >= 0.6 is 0 Å². The molecular formula is C57H34N4O2. The molecule has 0 saturated carbocycles. The maximum absolute atomic E-state index is 6.73. The molecule has 0 fully saturated rings. The van der Waals surface area contributed by atoms with Crippen LogP contribution in [0.25, 0.3) is 128 Å². The van der Waals surface area contributed by atoms with Gasteiger partial charge >= 0.3 is 0 Å². The molecule has 0 spiro atoms. The van der Waals surface area contributed by atoms with Gasteiger partial charge in [-0.25, -0.2) is 15.0 Å². The molecule has 0 aliphatic rings. The van der Waals surface area contributed by atoms with E-state index in [0.717, 1.165) is 99.5 Å². The number of hydrogen-bond donors (Lipinski definition) is 0. The number of hydrogen-bond acceptors (Lipinski definition) is 5. The third-order valence-electron chi connectivity index (χ3n) is 12.3. The van der Waals surface area contributed by atoms with Crippen LogP contribution in [0.2, 0.25) is 0 Å². The fourth-order valence-corrected chi connectivity index (χ4v) is 9.47. The van der Waals surface area contributed by atoms with Gasteiger partial charge in [-0.3, -0.25) is 0 Å². The largest absolute Gasteiger partial charge is 0.456 e. The predicted molar refractivity (Wildman–Crippen MR) is 256 cm³/mol. The normalized spacial score (nSPS) is 11.8. The van der Waals surface area contributed by atoms with E-state index >= 15 is 0 Å². The summed E-state index contributed by atoms with van der Waals surface area (Å²) in [6, 6.07) is 71.5. The molecule has 0 amide bonds. The summed E-state index contributed by atoms with van der Waals surface area (Å²) in [5.74, 6) is 1.62. The average molecular weight is 807 g/mol. The highest BCUT2D eigenvalue weighted by Crippen LogP contribution is 2.44. The van der Waals surface area contributed by atoms with E-state index < -0.39 is 0 Å².